The van der Waals surface area contributed by atoms with Crippen molar-refractivity contribution in [2.75, 3.05) is 33.1 Å². The van der Waals surface area contributed by atoms with Gasteiger partial charge in [-0.25, -0.2) is 0 Å². The molecule has 0 saturated heterocycles. The maximum Gasteiger partial charge on any atom is 0.190 e. The molecule has 0 saturated carbocycles. The third-order valence-electron chi connectivity index (χ3n) is 2.41. The molecule has 0 heterocycles. The molecule has 0 aliphatic heterocycles. The Balaban J connectivity index is 0. The van der Waals surface area contributed by atoms with Crippen LogP contribution in [0.1, 0.15) is 13.8 Å². The zero-order chi connectivity index (χ0) is 12.1. The summed E-state index contributed by atoms with van der Waals surface area (Å²) in [4.78, 5) is 0. The van der Waals surface area contributed by atoms with Gasteiger partial charge in [0.15, 0.2) is 6.23 Å². The first-order valence-electron chi connectivity index (χ1n) is 5.12. The lowest BCUT2D eigenvalue weighted by molar-refractivity contribution is -0.937. The molecule has 0 aromatic carbocycles. The smallest absolute Gasteiger partial charge is 0.190 e. The van der Waals surface area contributed by atoms with Crippen molar-refractivity contribution in [1.29, 1.82) is 0 Å². The molecule has 0 aliphatic rings. The van der Waals surface area contributed by atoms with Crippen LogP contribution < -0.4 is 12.4 Å². The second-order valence-electron chi connectivity index (χ2n) is 4.64. The number of aliphatic hydroxyl groups is 1. The standard InChI is InChI=1S/C11H23ClNO2.ClH/c1-9(2)8-15-10(3)13(4,5)7-11(14)6-12;/h10-11,14H,1,6-8H2,2-5H3;1H/q+1;/p-1. The van der Waals surface area contributed by atoms with Crippen molar-refractivity contribution in [2.24, 2.45) is 0 Å². The number of likely N-dealkylation sites (N-methyl/N-ethyl adjacent to an activating group) is 1. The SMILES string of the molecule is C=C(C)COC(C)[N+](C)(C)CC(O)CCl.[Cl-]. The Hall–Kier alpha value is 0.200. The second kappa shape index (κ2) is 8.31. The van der Waals surface area contributed by atoms with Crippen molar-refractivity contribution in [1.82, 2.24) is 0 Å². The fourth-order valence-corrected chi connectivity index (χ4v) is 1.30. The Kier molecular flexibility index (Phi) is 9.65. The average Bonchev–Trinajstić information content (AvgIpc) is 2.13. The summed E-state index contributed by atoms with van der Waals surface area (Å²) in [5.74, 6) is 0.259. The van der Waals surface area contributed by atoms with Gasteiger partial charge in [0.25, 0.3) is 0 Å². The molecule has 0 fully saturated rings. The van der Waals surface area contributed by atoms with Gasteiger partial charge in [0.1, 0.15) is 12.6 Å². The van der Waals surface area contributed by atoms with Gasteiger partial charge in [0, 0.05) is 6.92 Å². The van der Waals surface area contributed by atoms with Crippen LogP contribution in [0.5, 0.6) is 0 Å². The maximum absolute atomic E-state index is 9.50. The molecule has 0 radical (unpaired) electrons. The number of nitrogens with zero attached hydrogens (tertiary/aromatic N) is 1. The van der Waals surface area contributed by atoms with Gasteiger partial charge >= 0.3 is 0 Å². The van der Waals surface area contributed by atoms with Crippen molar-refractivity contribution in [3.63, 3.8) is 0 Å². The summed E-state index contributed by atoms with van der Waals surface area (Å²) in [6.07, 6.45) is -0.475. The highest BCUT2D eigenvalue weighted by Gasteiger charge is 2.27. The molecular formula is C11H23Cl2NO2. The van der Waals surface area contributed by atoms with Crippen LogP contribution in [0, 0.1) is 0 Å². The monoisotopic (exact) mass is 271 g/mol. The molecular weight excluding hydrogens is 249 g/mol. The number of rotatable bonds is 7. The van der Waals surface area contributed by atoms with Crippen LogP contribution in [-0.4, -0.2) is 55.0 Å². The summed E-state index contributed by atoms with van der Waals surface area (Å²) >= 11 is 5.58. The fourth-order valence-electron chi connectivity index (χ4n) is 1.21. The Morgan fingerprint density at radius 2 is 2.00 bits per heavy atom. The highest BCUT2D eigenvalue weighted by Crippen LogP contribution is 2.10. The van der Waals surface area contributed by atoms with E-state index >= 15 is 0 Å². The Bertz CT molecular complexity index is 210. The lowest BCUT2D eigenvalue weighted by atomic mass is 10.3. The largest absolute Gasteiger partial charge is 1.00 e. The lowest BCUT2D eigenvalue weighted by Gasteiger charge is -2.36. The predicted molar refractivity (Wildman–Crippen MR) is 63.9 cm³/mol. The van der Waals surface area contributed by atoms with Crippen LogP contribution in [0.25, 0.3) is 0 Å². The van der Waals surface area contributed by atoms with Crippen LogP contribution in [-0.2, 0) is 4.74 Å². The van der Waals surface area contributed by atoms with Gasteiger partial charge in [-0.2, -0.15) is 0 Å². The van der Waals surface area contributed by atoms with Crippen molar-refractivity contribution in [3.05, 3.63) is 12.2 Å². The Morgan fingerprint density at radius 1 is 1.50 bits per heavy atom. The molecule has 3 nitrogen and oxygen atoms in total. The molecule has 0 aliphatic carbocycles. The molecule has 1 N–H and O–H groups in total. The summed E-state index contributed by atoms with van der Waals surface area (Å²) in [6, 6.07) is 0. The van der Waals surface area contributed by atoms with E-state index in [4.69, 9.17) is 16.3 Å². The van der Waals surface area contributed by atoms with Gasteiger partial charge in [-0.1, -0.05) is 12.2 Å². The molecule has 2 unspecified atom stereocenters. The normalized spacial score (nSPS) is 15.1. The third kappa shape index (κ3) is 7.47. The molecule has 0 aromatic rings. The first-order chi connectivity index (χ1) is 6.79. The first kappa shape index (κ1) is 18.6. The number of halogens is 2. The molecule has 0 rings (SSSR count). The van der Waals surface area contributed by atoms with E-state index in [-0.39, 0.29) is 24.5 Å². The Labute approximate surface area is 110 Å². The number of hydrogen-bond acceptors (Lipinski definition) is 2. The number of quaternary nitrogens is 1. The van der Waals surface area contributed by atoms with Gasteiger partial charge < -0.3 is 26.7 Å². The molecule has 5 heteroatoms. The zero-order valence-electron chi connectivity index (χ0n) is 10.5. The predicted octanol–water partition coefficient (Wildman–Crippen LogP) is -1.39. The minimum atomic E-state index is -0.488. The van der Waals surface area contributed by atoms with Gasteiger partial charge in [0.2, 0.25) is 0 Å². The van der Waals surface area contributed by atoms with E-state index in [0.29, 0.717) is 17.6 Å². The summed E-state index contributed by atoms with van der Waals surface area (Å²) in [5, 5.41) is 9.50. The first-order valence-corrected chi connectivity index (χ1v) is 5.65. The van der Waals surface area contributed by atoms with Crippen LogP contribution in [0.15, 0.2) is 12.2 Å². The molecule has 0 bridgehead atoms. The van der Waals surface area contributed by atoms with E-state index in [1.165, 1.54) is 0 Å². The van der Waals surface area contributed by atoms with E-state index in [0.717, 1.165) is 5.57 Å². The highest BCUT2D eigenvalue weighted by molar-refractivity contribution is 6.18. The molecule has 0 spiro atoms. The van der Waals surface area contributed by atoms with Crippen molar-refractivity contribution >= 4 is 11.6 Å². The van der Waals surface area contributed by atoms with Crippen molar-refractivity contribution < 1.29 is 26.7 Å². The molecule has 0 amide bonds. The van der Waals surface area contributed by atoms with Crippen LogP contribution in [0.4, 0.5) is 0 Å². The van der Waals surface area contributed by atoms with Gasteiger partial charge in [-0.05, 0) is 6.92 Å². The van der Waals surface area contributed by atoms with E-state index in [9.17, 15) is 5.11 Å². The summed E-state index contributed by atoms with van der Waals surface area (Å²) in [6.45, 7) is 8.84. The van der Waals surface area contributed by atoms with Gasteiger partial charge in [0.05, 0.1) is 26.6 Å². The van der Waals surface area contributed by atoms with E-state index in [1.54, 1.807) is 0 Å². The quantitative estimate of drug-likeness (QED) is 0.267. The summed E-state index contributed by atoms with van der Waals surface area (Å²) < 4.78 is 6.22. The van der Waals surface area contributed by atoms with E-state index in [2.05, 4.69) is 6.58 Å². The zero-order valence-corrected chi connectivity index (χ0v) is 12.1. The molecule has 98 valence electrons. The fraction of sp³-hybridized carbons (Fsp3) is 0.818. The minimum absolute atomic E-state index is 0. The minimum Gasteiger partial charge on any atom is -1.00 e. The second-order valence-corrected chi connectivity index (χ2v) is 4.95. The van der Waals surface area contributed by atoms with Crippen molar-refractivity contribution in [3.8, 4) is 0 Å². The number of alkyl halides is 1. The van der Waals surface area contributed by atoms with Crippen molar-refractivity contribution in [2.45, 2.75) is 26.2 Å². The van der Waals surface area contributed by atoms with E-state index < -0.39 is 6.10 Å². The van der Waals surface area contributed by atoms with Crippen LogP contribution >= 0.6 is 11.6 Å². The molecule has 16 heavy (non-hydrogen) atoms. The van der Waals surface area contributed by atoms with Crippen LogP contribution in [0.2, 0.25) is 0 Å². The van der Waals surface area contributed by atoms with E-state index in [1.807, 2.05) is 27.9 Å². The number of hydrogen-bond donors (Lipinski definition) is 1. The maximum atomic E-state index is 9.50. The lowest BCUT2D eigenvalue weighted by Crippen LogP contribution is -3.00. The van der Waals surface area contributed by atoms with Gasteiger partial charge in [-0.3, -0.25) is 0 Å². The number of ether oxygens (including phenoxy) is 1. The summed E-state index contributed by atoms with van der Waals surface area (Å²) in [5.41, 5.74) is 1.000. The summed E-state index contributed by atoms with van der Waals surface area (Å²) in [7, 11) is 4.03. The van der Waals surface area contributed by atoms with Gasteiger partial charge in [-0.15, -0.1) is 11.6 Å². The molecule has 0 aromatic heterocycles. The molecule has 2 atom stereocenters. The van der Waals surface area contributed by atoms with Crippen LogP contribution in [0.3, 0.4) is 0 Å². The topological polar surface area (TPSA) is 29.5 Å². The number of aliphatic hydroxyl groups excluding tert-OH is 1. The average molecular weight is 272 g/mol. The third-order valence-corrected chi connectivity index (χ3v) is 2.77. The Morgan fingerprint density at radius 3 is 2.38 bits per heavy atom. The highest BCUT2D eigenvalue weighted by atomic mass is 35.5.